The molecule has 7 heteroatoms. The lowest BCUT2D eigenvalue weighted by atomic mass is 10.1. The third kappa shape index (κ3) is 4.66. The second-order valence-corrected chi connectivity index (χ2v) is 6.48. The van der Waals surface area contributed by atoms with Gasteiger partial charge < -0.3 is 5.32 Å². The summed E-state index contributed by atoms with van der Waals surface area (Å²) in [6.45, 7) is 0.738. The van der Waals surface area contributed by atoms with Gasteiger partial charge in [-0.15, -0.1) is 0 Å². The van der Waals surface area contributed by atoms with E-state index < -0.39 is 17.3 Å². The average molecular weight is 373 g/mol. The Labute approximate surface area is 155 Å². The lowest BCUT2D eigenvalue weighted by molar-refractivity contribution is -0.137. The third-order valence-corrected chi connectivity index (χ3v) is 4.36. The van der Waals surface area contributed by atoms with Crippen LogP contribution in [0.15, 0.2) is 48.5 Å². The molecule has 1 aliphatic carbocycles. The number of hydrogen-bond acceptors (Lipinski definition) is 3. The Morgan fingerprint density at radius 3 is 2.44 bits per heavy atom. The summed E-state index contributed by atoms with van der Waals surface area (Å²) in [5.41, 5.74) is -0.986. The Balaban J connectivity index is 1.95. The molecule has 4 nitrogen and oxygen atoms in total. The van der Waals surface area contributed by atoms with E-state index in [4.69, 9.17) is 5.26 Å². The molecule has 0 aromatic heterocycles. The van der Waals surface area contributed by atoms with Crippen LogP contribution in [-0.2, 0) is 11.0 Å². The maximum absolute atomic E-state index is 13.3. The summed E-state index contributed by atoms with van der Waals surface area (Å²) < 4.78 is 39.9. The lowest BCUT2D eigenvalue weighted by Crippen LogP contribution is -2.36. The van der Waals surface area contributed by atoms with Gasteiger partial charge in [-0.3, -0.25) is 9.69 Å². The number of hydrogen-bond donors (Lipinski definition) is 1. The average Bonchev–Trinajstić information content (AvgIpc) is 3.46. The number of anilines is 2. The first kappa shape index (κ1) is 18.9. The van der Waals surface area contributed by atoms with Crippen molar-refractivity contribution < 1.29 is 18.0 Å². The van der Waals surface area contributed by atoms with Gasteiger partial charge in [0.2, 0.25) is 5.91 Å². The number of halogens is 3. The third-order valence-electron chi connectivity index (χ3n) is 4.36. The van der Waals surface area contributed by atoms with Crippen LogP contribution in [0.3, 0.4) is 0 Å². The van der Waals surface area contributed by atoms with Crippen LogP contribution >= 0.6 is 0 Å². The molecule has 3 rings (SSSR count). The fourth-order valence-electron chi connectivity index (χ4n) is 2.80. The van der Waals surface area contributed by atoms with Crippen LogP contribution in [0, 0.1) is 17.2 Å². The molecule has 1 fully saturated rings. The van der Waals surface area contributed by atoms with Crippen molar-refractivity contribution >= 4 is 17.3 Å². The fourth-order valence-corrected chi connectivity index (χ4v) is 2.80. The number of alkyl halides is 3. The van der Waals surface area contributed by atoms with E-state index >= 15 is 0 Å². The zero-order chi connectivity index (χ0) is 19.4. The number of nitriles is 1. The number of rotatable bonds is 6. The van der Waals surface area contributed by atoms with Gasteiger partial charge in [0.15, 0.2) is 0 Å². The predicted octanol–water partition coefficient (Wildman–Crippen LogP) is 4.24. The van der Waals surface area contributed by atoms with Gasteiger partial charge in [-0.2, -0.15) is 18.4 Å². The number of para-hydroxylation sites is 1. The molecule has 27 heavy (non-hydrogen) atoms. The van der Waals surface area contributed by atoms with E-state index in [1.54, 1.807) is 36.4 Å². The topological polar surface area (TPSA) is 56.1 Å². The summed E-state index contributed by atoms with van der Waals surface area (Å²) in [4.78, 5) is 14.0. The van der Waals surface area contributed by atoms with Gasteiger partial charge in [0.25, 0.3) is 0 Å². The van der Waals surface area contributed by atoms with Gasteiger partial charge in [0.1, 0.15) is 0 Å². The van der Waals surface area contributed by atoms with Crippen molar-refractivity contribution in [3.05, 3.63) is 59.7 Å². The number of amides is 1. The zero-order valence-corrected chi connectivity index (χ0v) is 14.5. The second-order valence-electron chi connectivity index (χ2n) is 6.48. The Kier molecular flexibility index (Phi) is 5.47. The quantitative estimate of drug-likeness (QED) is 0.824. The molecule has 1 saturated carbocycles. The molecular formula is C20H18F3N3O. The lowest BCUT2D eigenvalue weighted by Gasteiger charge is -2.24. The van der Waals surface area contributed by atoms with Crippen molar-refractivity contribution in [1.29, 1.82) is 5.26 Å². The van der Waals surface area contributed by atoms with Crippen molar-refractivity contribution in [3.8, 4) is 6.07 Å². The molecule has 0 atom stereocenters. The van der Waals surface area contributed by atoms with Crippen LogP contribution in [0.5, 0.6) is 0 Å². The van der Waals surface area contributed by atoms with Gasteiger partial charge in [-0.05, 0) is 55.6 Å². The van der Waals surface area contributed by atoms with Crippen molar-refractivity contribution in [3.63, 3.8) is 0 Å². The second kappa shape index (κ2) is 7.80. The smallest absolute Gasteiger partial charge is 0.308 e. The summed E-state index contributed by atoms with van der Waals surface area (Å²) in [5, 5.41) is 12.0. The molecule has 0 radical (unpaired) electrons. The Morgan fingerprint density at radius 1 is 1.15 bits per heavy atom. The minimum atomic E-state index is -4.68. The molecule has 0 unspecified atom stereocenters. The highest BCUT2D eigenvalue weighted by molar-refractivity contribution is 6.01. The SMILES string of the molecule is N#Cc1ccc(N(C(=O)CNCC2CC2)c2ccccc2)cc1C(F)(F)F. The highest BCUT2D eigenvalue weighted by Gasteiger charge is 2.35. The number of carbonyl (C=O) groups is 1. The molecule has 0 aliphatic heterocycles. The summed E-state index contributed by atoms with van der Waals surface area (Å²) >= 11 is 0. The Morgan fingerprint density at radius 2 is 1.85 bits per heavy atom. The van der Waals surface area contributed by atoms with Crippen molar-refractivity contribution in [1.82, 2.24) is 5.32 Å². The summed E-state index contributed by atoms with van der Waals surface area (Å²) in [6.07, 6.45) is -2.42. The van der Waals surface area contributed by atoms with E-state index in [2.05, 4.69) is 5.32 Å². The standard InChI is InChI=1S/C20H18F3N3O/c21-20(22,23)18-10-17(9-8-15(18)11-24)26(16-4-2-1-3-5-16)19(27)13-25-12-14-6-7-14/h1-5,8-10,14,25H,6-7,12-13H2. The highest BCUT2D eigenvalue weighted by atomic mass is 19.4. The van der Waals surface area contributed by atoms with Crippen LogP contribution in [0.4, 0.5) is 24.5 Å². The Bertz CT molecular complexity index is 855. The number of benzene rings is 2. The molecule has 0 saturated heterocycles. The first-order valence-corrected chi connectivity index (χ1v) is 8.60. The maximum Gasteiger partial charge on any atom is 0.417 e. The molecule has 0 bridgehead atoms. The van der Waals surface area contributed by atoms with Crippen molar-refractivity contribution in [2.24, 2.45) is 5.92 Å². The van der Waals surface area contributed by atoms with Gasteiger partial charge in [-0.1, -0.05) is 18.2 Å². The first-order valence-electron chi connectivity index (χ1n) is 8.60. The zero-order valence-electron chi connectivity index (χ0n) is 14.5. The summed E-state index contributed by atoms with van der Waals surface area (Å²) in [5.74, 6) is 0.217. The van der Waals surface area contributed by atoms with Crippen LogP contribution in [0.25, 0.3) is 0 Å². The molecule has 2 aromatic rings. The molecule has 1 N–H and O–H groups in total. The van der Waals surface area contributed by atoms with Crippen molar-refractivity contribution in [2.45, 2.75) is 19.0 Å². The molecule has 2 aromatic carbocycles. The summed E-state index contributed by atoms with van der Waals surface area (Å²) in [6, 6.07) is 13.4. The first-order chi connectivity index (χ1) is 12.9. The highest BCUT2D eigenvalue weighted by Crippen LogP contribution is 2.36. The normalized spacial score (nSPS) is 13.9. The van der Waals surface area contributed by atoms with E-state index in [9.17, 15) is 18.0 Å². The van der Waals surface area contributed by atoms with Crippen LogP contribution in [-0.4, -0.2) is 19.0 Å². The van der Waals surface area contributed by atoms with Crippen LogP contribution < -0.4 is 10.2 Å². The maximum atomic E-state index is 13.3. The van der Waals surface area contributed by atoms with E-state index in [1.807, 2.05) is 0 Å². The van der Waals surface area contributed by atoms with Gasteiger partial charge in [0, 0.05) is 11.4 Å². The van der Waals surface area contributed by atoms with Crippen LogP contribution in [0.1, 0.15) is 24.0 Å². The minimum absolute atomic E-state index is 0.0206. The molecule has 1 amide bonds. The van der Waals surface area contributed by atoms with Crippen LogP contribution in [0.2, 0.25) is 0 Å². The molecule has 0 heterocycles. The molecule has 0 spiro atoms. The number of nitrogens with zero attached hydrogens (tertiary/aromatic N) is 2. The molecule has 140 valence electrons. The molecule has 1 aliphatic rings. The predicted molar refractivity (Wildman–Crippen MR) is 95.3 cm³/mol. The van der Waals surface area contributed by atoms with Gasteiger partial charge in [-0.25, -0.2) is 0 Å². The van der Waals surface area contributed by atoms with Gasteiger partial charge in [0.05, 0.1) is 23.7 Å². The fraction of sp³-hybridized carbons (Fsp3) is 0.300. The van der Waals surface area contributed by atoms with Gasteiger partial charge >= 0.3 is 6.18 Å². The van der Waals surface area contributed by atoms with E-state index in [0.29, 0.717) is 11.6 Å². The minimum Gasteiger partial charge on any atom is -0.308 e. The summed E-state index contributed by atoms with van der Waals surface area (Å²) in [7, 11) is 0. The number of nitrogens with one attached hydrogen (secondary N) is 1. The van der Waals surface area contributed by atoms with E-state index in [1.165, 1.54) is 11.0 Å². The monoisotopic (exact) mass is 373 g/mol. The largest absolute Gasteiger partial charge is 0.417 e. The van der Waals surface area contributed by atoms with Crippen molar-refractivity contribution in [2.75, 3.05) is 18.0 Å². The number of carbonyl (C=O) groups excluding carboxylic acids is 1. The van der Waals surface area contributed by atoms with E-state index in [0.717, 1.165) is 31.5 Å². The Hall–Kier alpha value is -2.85. The molecular weight excluding hydrogens is 355 g/mol. The van der Waals surface area contributed by atoms with E-state index in [-0.39, 0.29) is 18.1 Å².